The van der Waals surface area contributed by atoms with Crippen molar-refractivity contribution in [2.45, 2.75) is 11.4 Å². The van der Waals surface area contributed by atoms with Gasteiger partial charge in [0.1, 0.15) is 6.10 Å². The van der Waals surface area contributed by atoms with E-state index in [2.05, 4.69) is 4.74 Å². The van der Waals surface area contributed by atoms with Gasteiger partial charge in [-0.15, -0.1) is 0 Å². The zero-order valence-electron chi connectivity index (χ0n) is 9.91. The maximum atomic E-state index is 12.8. The number of carbonyl (C=O) groups is 1. The van der Waals surface area contributed by atoms with Gasteiger partial charge in [0.05, 0.1) is 12.2 Å². The van der Waals surface area contributed by atoms with E-state index in [1.54, 1.807) is 12.1 Å². The number of esters is 1. The number of epoxide rings is 1. The third kappa shape index (κ3) is 3.30. The van der Waals surface area contributed by atoms with E-state index in [1.165, 1.54) is 12.1 Å². The van der Waals surface area contributed by atoms with Gasteiger partial charge in [-0.3, -0.25) is 0 Å². The van der Waals surface area contributed by atoms with Gasteiger partial charge in [-0.2, -0.15) is 8.78 Å². The molecule has 0 aromatic heterocycles. The standard InChI is InChI=1S/C11H10F2O6S/c12-11(13,20(15,16)17)6-19-10(14)8-3-1-7(2-4-8)9-5-18-9/h1-4,9H,5-6H2,(H,15,16,17)/p-1. The molecule has 1 atom stereocenters. The van der Waals surface area contributed by atoms with Crippen LogP contribution in [0.4, 0.5) is 8.78 Å². The molecular weight excluding hydrogens is 298 g/mol. The lowest BCUT2D eigenvalue weighted by Crippen LogP contribution is -2.34. The molecule has 1 fully saturated rings. The summed E-state index contributed by atoms with van der Waals surface area (Å²) in [6.07, 6.45) is -0.0185. The van der Waals surface area contributed by atoms with Gasteiger partial charge in [0.15, 0.2) is 16.7 Å². The Morgan fingerprint density at radius 2 is 1.95 bits per heavy atom. The lowest BCUT2D eigenvalue weighted by molar-refractivity contribution is -0.00997. The lowest BCUT2D eigenvalue weighted by atomic mass is 10.1. The molecule has 1 aliphatic heterocycles. The monoisotopic (exact) mass is 307 g/mol. The fourth-order valence-corrected chi connectivity index (χ4v) is 1.58. The summed E-state index contributed by atoms with van der Waals surface area (Å²) >= 11 is 0. The minimum absolute atomic E-state index is 0.0185. The summed E-state index contributed by atoms with van der Waals surface area (Å²) < 4.78 is 65.4. The maximum Gasteiger partial charge on any atom is 0.367 e. The van der Waals surface area contributed by atoms with Crippen LogP contribution in [0, 0.1) is 0 Å². The van der Waals surface area contributed by atoms with E-state index in [-0.39, 0.29) is 11.7 Å². The molecule has 1 unspecified atom stereocenters. The molecule has 6 nitrogen and oxygen atoms in total. The first kappa shape index (κ1) is 14.8. The van der Waals surface area contributed by atoms with Crippen LogP contribution in [0.15, 0.2) is 24.3 Å². The van der Waals surface area contributed by atoms with Gasteiger partial charge in [0, 0.05) is 0 Å². The maximum absolute atomic E-state index is 12.8. The SMILES string of the molecule is O=C(OCC(F)(F)S(=O)(=O)[O-])c1ccc(C2CO2)cc1. The van der Waals surface area contributed by atoms with Gasteiger partial charge in [-0.25, -0.2) is 13.2 Å². The Hall–Kier alpha value is -1.58. The number of ether oxygens (including phenoxy) is 2. The molecule has 20 heavy (non-hydrogen) atoms. The molecule has 2 rings (SSSR count). The summed E-state index contributed by atoms with van der Waals surface area (Å²) in [7, 11) is -5.87. The third-order valence-corrected chi connectivity index (χ3v) is 3.44. The van der Waals surface area contributed by atoms with E-state index < -0.39 is 27.9 Å². The lowest BCUT2D eigenvalue weighted by Gasteiger charge is -2.19. The van der Waals surface area contributed by atoms with Crippen LogP contribution in [0.25, 0.3) is 0 Å². The van der Waals surface area contributed by atoms with Crippen LogP contribution < -0.4 is 0 Å². The number of halogens is 2. The van der Waals surface area contributed by atoms with Crippen molar-refractivity contribution in [1.29, 1.82) is 0 Å². The zero-order chi connectivity index (χ0) is 15.0. The molecule has 1 aromatic carbocycles. The van der Waals surface area contributed by atoms with Gasteiger partial charge in [-0.05, 0) is 17.7 Å². The summed E-state index contributed by atoms with van der Waals surface area (Å²) in [4.78, 5) is 11.4. The van der Waals surface area contributed by atoms with Gasteiger partial charge in [0.25, 0.3) is 0 Å². The summed E-state index contributed by atoms with van der Waals surface area (Å²) in [6, 6.07) is 5.81. The number of carbonyl (C=O) groups excluding carboxylic acids is 1. The Labute approximate surface area is 113 Å². The van der Waals surface area contributed by atoms with Crippen molar-refractivity contribution in [3.8, 4) is 0 Å². The summed E-state index contributed by atoms with van der Waals surface area (Å²) in [5.41, 5.74) is 0.794. The third-order valence-electron chi connectivity index (χ3n) is 2.59. The minimum Gasteiger partial charge on any atom is -0.743 e. The van der Waals surface area contributed by atoms with E-state index >= 15 is 0 Å². The van der Waals surface area contributed by atoms with Crippen LogP contribution >= 0.6 is 0 Å². The summed E-state index contributed by atoms with van der Waals surface area (Å²) in [5, 5.41) is -4.65. The van der Waals surface area contributed by atoms with E-state index in [0.29, 0.717) is 6.61 Å². The second-order valence-corrected chi connectivity index (χ2v) is 5.62. The molecule has 1 aliphatic rings. The Morgan fingerprint density at radius 3 is 2.40 bits per heavy atom. The first-order chi connectivity index (χ1) is 9.21. The van der Waals surface area contributed by atoms with Crippen molar-refractivity contribution in [1.82, 2.24) is 0 Å². The molecule has 1 saturated heterocycles. The van der Waals surface area contributed by atoms with Crippen LogP contribution in [-0.4, -0.2) is 37.4 Å². The fraction of sp³-hybridized carbons (Fsp3) is 0.364. The molecule has 0 aliphatic carbocycles. The highest BCUT2D eigenvalue weighted by molar-refractivity contribution is 7.86. The molecule has 0 amide bonds. The molecule has 9 heteroatoms. The Kier molecular flexibility index (Phi) is 3.76. The van der Waals surface area contributed by atoms with E-state index in [0.717, 1.165) is 5.56 Å². The fourth-order valence-electron chi connectivity index (χ4n) is 1.38. The number of alkyl halides is 2. The first-order valence-electron chi connectivity index (χ1n) is 5.43. The quantitative estimate of drug-likeness (QED) is 0.458. The molecule has 0 saturated carbocycles. The average Bonchev–Trinajstić information content (AvgIpc) is 3.19. The van der Waals surface area contributed by atoms with Crippen molar-refractivity contribution < 1.29 is 36.0 Å². The summed E-state index contributed by atoms with van der Waals surface area (Å²) in [5.74, 6) is -1.14. The van der Waals surface area contributed by atoms with Crippen LogP contribution in [0.3, 0.4) is 0 Å². The van der Waals surface area contributed by atoms with Gasteiger partial charge in [0.2, 0.25) is 0 Å². The highest BCUT2D eigenvalue weighted by atomic mass is 32.2. The molecule has 110 valence electrons. The minimum atomic E-state index is -5.87. The predicted octanol–water partition coefficient (Wildman–Crippen LogP) is 1.05. The van der Waals surface area contributed by atoms with Crippen LogP contribution in [0.1, 0.15) is 22.0 Å². The van der Waals surface area contributed by atoms with E-state index in [1.807, 2.05) is 0 Å². The summed E-state index contributed by atoms with van der Waals surface area (Å²) in [6.45, 7) is -1.23. The average molecular weight is 307 g/mol. The molecule has 1 heterocycles. The zero-order valence-corrected chi connectivity index (χ0v) is 10.7. The van der Waals surface area contributed by atoms with Crippen molar-refractivity contribution in [2.24, 2.45) is 0 Å². The normalized spacial score (nSPS) is 18.6. The first-order valence-corrected chi connectivity index (χ1v) is 6.83. The molecule has 1 aromatic rings. The van der Waals surface area contributed by atoms with Crippen molar-refractivity contribution >= 4 is 16.1 Å². The van der Waals surface area contributed by atoms with Crippen LogP contribution in [0.5, 0.6) is 0 Å². The molecule has 0 radical (unpaired) electrons. The highest BCUT2D eigenvalue weighted by Gasteiger charge is 2.39. The van der Waals surface area contributed by atoms with Gasteiger partial charge >= 0.3 is 11.2 Å². The number of hydrogen-bond acceptors (Lipinski definition) is 6. The second-order valence-electron chi connectivity index (χ2n) is 4.11. The van der Waals surface area contributed by atoms with Gasteiger partial charge in [-0.1, -0.05) is 12.1 Å². The topological polar surface area (TPSA) is 96.0 Å². The molecular formula is C11H9F2O6S-. The molecule has 0 spiro atoms. The predicted molar refractivity (Wildman–Crippen MR) is 60.1 cm³/mol. The van der Waals surface area contributed by atoms with Crippen molar-refractivity contribution in [2.75, 3.05) is 13.2 Å². The number of benzene rings is 1. The number of hydrogen-bond donors (Lipinski definition) is 0. The van der Waals surface area contributed by atoms with E-state index in [9.17, 15) is 26.5 Å². The van der Waals surface area contributed by atoms with E-state index in [4.69, 9.17) is 4.74 Å². The van der Waals surface area contributed by atoms with Gasteiger partial charge < -0.3 is 14.0 Å². The second kappa shape index (κ2) is 5.08. The van der Waals surface area contributed by atoms with Crippen molar-refractivity contribution in [3.63, 3.8) is 0 Å². The van der Waals surface area contributed by atoms with Crippen LogP contribution in [0.2, 0.25) is 0 Å². The number of rotatable bonds is 5. The Bertz CT molecular complexity index is 606. The molecule has 0 N–H and O–H groups in total. The Balaban J connectivity index is 1.98. The van der Waals surface area contributed by atoms with Crippen molar-refractivity contribution in [3.05, 3.63) is 35.4 Å². The molecule has 0 bridgehead atoms. The Morgan fingerprint density at radius 1 is 1.40 bits per heavy atom. The van der Waals surface area contributed by atoms with Crippen LogP contribution in [-0.2, 0) is 19.6 Å². The largest absolute Gasteiger partial charge is 0.743 e. The highest BCUT2D eigenvalue weighted by Crippen LogP contribution is 2.29. The smallest absolute Gasteiger partial charge is 0.367 e.